The van der Waals surface area contributed by atoms with Gasteiger partial charge in [-0.25, -0.2) is 13.8 Å². The molecule has 3 nitrogen and oxygen atoms in total. The number of aromatic nitrogens is 1. The lowest BCUT2D eigenvalue weighted by molar-refractivity contribution is 0.0989. The molecule has 0 aliphatic carbocycles. The molecule has 2 aromatic rings. The van der Waals surface area contributed by atoms with Gasteiger partial charge in [-0.15, -0.1) is 0 Å². The number of hydrogen-bond acceptors (Lipinski definition) is 4. The van der Waals surface area contributed by atoms with Gasteiger partial charge >= 0.3 is 0 Å². The number of carbonyl (C=O) groups is 1. The molecule has 106 valence electrons. The van der Waals surface area contributed by atoms with Gasteiger partial charge in [0.05, 0.1) is 16.5 Å². The summed E-state index contributed by atoms with van der Waals surface area (Å²) >= 11 is 1.08. The number of hydrogen-bond donors (Lipinski definition) is 0. The number of thioether (sulfide) groups is 1. The fourth-order valence-corrected chi connectivity index (χ4v) is 2.50. The lowest BCUT2D eigenvalue weighted by Crippen LogP contribution is -2.15. The van der Waals surface area contributed by atoms with Crippen molar-refractivity contribution in [2.45, 2.75) is 31.2 Å². The summed E-state index contributed by atoms with van der Waals surface area (Å²) in [6.07, 6.45) is 0. The maximum Gasteiger partial charge on any atom is 0.256 e. The highest BCUT2D eigenvalue weighted by Gasteiger charge is 2.22. The number of halogens is 2. The maximum absolute atomic E-state index is 13.6. The molecule has 0 aliphatic heterocycles. The molecule has 0 N–H and O–H groups in total. The molecule has 0 aliphatic rings. The quantitative estimate of drug-likeness (QED) is 0.633. The third kappa shape index (κ3) is 3.07. The molecule has 0 amide bonds. The second-order valence-electron chi connectivity index (χ2n) is 4.37. The molecule has 1 heterocycles. The third-order valence-corrected chi connectivity index (χ3v) is 3.79. The topological polar surface area (TPSA) is 43.1 Å². The minimum absolute atomic E-state index is 0.259. The second-order valence-corrected chi connectivity index (χ2v) is 5.66. The van der Waals surface area contributed by atoms with Crippen LogP contribution in [-0.4, -0.2) is 16.0 Å². The lowest BCUT2D eigenvalue weighted by atomic mass is 10.1. The number of rotatable bonds is 4. The van der Waals surface area contributed by atoms with E-state index >= 15 is 0 Å². The van der Waals surface area contributed by atoms with Crippen LogP contribution in [0, 0.1) is 25.5 Å². The van der Waals surface area contributed by atoms with E-state index in [0.29, 0.717) is 11.0 Å². The van der Waals surface area contributed by atoms with Gasteiger partial charge in [0.1, 0.15) is 17.4 Å². The molecule has 2 rings (SSSR count). The highest BCUT2D eigenvalue weighted by molar-refractivity contribution is 8.00. The van der Waals surface area contributed by atoms with Gasteiger partial charge in [-0.3, -0.25) is 4.79 Å². The average molecular weight is 297 g/mol. The lowest BCUT2D eigenvalue weighted by Gasteiger charge is -2.08. The summed E-state index contributed by atoms with van der Waals surface area (Å²) in [7, 11) is 0. The van der Waals surface area contributed by atoms with Crippen LogP contribution in [0.3, 0.4) is 0 Å². The van der Waals surface area contributed by atoms with E-state index in [1.807, 2.05) is 0 Å². The monoisotopic (exact) mass is 297 g/mol. The average Bonchev–Trinajstić information content (AvgIpc) is 2.70. The van der Waals surface area contributed by atoms with Crippen LogP contribution in [0.2, 0.25) is 0 Å². The van der Waals surface area contributed by atoms with Gasteiger partial charge in [-0.1, -0.05) is 11.8 Å². The fraction of sp³-hybridized carbons (Fsp3) is 0.286. The molecule has 0 saturated heterocycles. The zero-order valence-corrected chi connectivity index (χ0v) is 12.1. The van der Waals surface area contributed by atoms with E-state index in [1.165, 1.54) is 0 Å². The number of nitrogens with zero attached hydrogens (tertiary/aromatic N) is 1. The van der Waals surface area contributed by atoms with Crippen LogP contribution >= 0.6 is 11.8 Å². The third-order valence-electron chi connectivity index (χ3n) is 2.85. The summed E-state index contributed by atoms with van der Waals surface area (Å²) in [5.41, 5.74) is 0.481. The van der Waals surface area contributed by atoms with Gasteiger partial charge in [0.15, 0.2) is 5.78 Å². The standard InChI is InChI=1S/C14H13F2NO2S/c1-7-8(2)19-14(17-7)20-9(3)13(18)11-6-10(15)4-5-12(11)16/h4-6,9H,1-3H3. The first-order valence-corrected chi connectivity index (χ1v) is 6.86. The van der Waals surface area contributed by atoms with Crippen molar-refractivity contribution in [3.05, 3.63) is 46.9 Å². The van der Waals surface area contributed by atoms with Crippen molar-refractivity contribution < 1.29 is 18.0 Å². The molecule has 1 unspecified atom stereocenters. The van der Waals surface area contributed by atoms with E-state index in [1.54, 1.807) is 20.8 Å². The molecule has 0 radical (unpaired) electrons. The molecular formula is C14H13F2NO2S. The minimum Gasteiger partial charge on any atom is -0.437 e. The van der Waals surface area contributed by atoms with Gasteiger partial charge in [0.25, 0.3) is 5.22 Å². The van der Waals surface area contributed by atoms with Crippen LogP contribution in [0.1, 0.15) is 28.7 Å². The van der Waals surface area contributed by atoms with Crippen LogP contribution in [0.15, 0.2) is 27.8 Å². The van der Waals surface area contributed by atoms with Crippen molar-refractivity contribution in [2.75, 3.05) is 0 Å². The Morgan fingerprint density at radius 2 is 2.05 bits per heavy atom. The summed E-state index contributed by atoms with van der Waals surface area (Å²) < 4.78 is 32.0. The van der Waals surface area contributed by atoms with Crippen molar-refractivity contribution in [2.24, 2.45) is 0 Å². The normalized spacial score (nSPS) is 12.4. The van der Waals surface area contributed by atoms with Gasteiger partial charge in [0.2, 0.25) is 0 Å². The zero-order chi connectivity index (χ0) is 14.9. The number of aryl methyl sites for hydroxylation is 2. The highest BCUT2D eigenvalue weighted by atomic mass is 32.2. The van der Waals surface area contributed by atoms with Crippen molar-refractivity contribution in [3.8, 4) is 0 Å². The Hall–Kier alpha value is -1.69. The molecule has 1 atom stereocenters. The van der Waals surface area contributed by atoms with E-state index in [9.17, 15) is 13.6 Å². The summed E-state index contributed by atoms with van der Waals surface area (Å²) in [5.74, 6) is -1.21. The number of ketones is 1. The molecule has 6 heteroatoms. The number of oxazole rings is 1. The Bertz CT molecular complexity index is 635. The van der Waals surface area contributed by atoms with Crippen LogP contribution < -0.4 is 0 Å². The van der Waals surface area contributed by atoms with Crippen molar-refractivity contribution in [3.63, 3.8) is 0 Å². The number of Topliss-reactive ketones (excluding diaryl/α,β-unsaturated/α-hetero) is 1. The van der Waals surface area contributed by atoms with Gasteiger partial charge < -0.3 is 4.42 Å². The van der Waals surface area contributed by atoms with E-state index in [-0.39, 0.29) is 5.56 Å². The van der Waals surface area contributed by atoms with Gasteiger partial charge in [-0.05, 0) is 39.0 Å². The Kier molecular flexibility index (Phi) is 4.23. The Balaban J connectivity index is 2.18. The Labute approximate surface area is 119 Å². The van der Waals surface area contributed by atoms with Crippen molar-refractivity contribution >= 4 is 17.5 Å². The molecule has 1 aromatic carbocycles. The summed E-state index contributed by atoms with van der Waals surface area (Å²) in [4.78, 5) is 16.3. The number of carbonyl (C=O) groups excluding carboxylic acids is 1. The SMILES string of the molecule is Cc1nc(SC(C)C(=O)c2cc(F)ccc2F)oc1C. The summed E-state index contributed by atoms with van der Waals surface area (Å²) in [6, 6.07) is 2.82. The van der Waals surface area contributed by atoms with Gasteiger partial charge in [0, 0.05) is 0 Å². The first kappa shape index (κ1) is 14.7. The molecule has 1 aromatic heterocycles. The molecule has 0 spiro atoms. The first-order chi connectivity index (χ1) is 9.38. The Morgan fingerprint density at radius 3 is 2.65 bits per heavy atom. The van der Waals surface area contributed by atoms with E-state index in [0.717, 1.165) is 35.7 Å². The van der Waals surface area contributed by atoms with E-state index in [2.05, 4.69) is 4.98 Å². The zero-order valence-electron chi connectivity index (χ0n) is 11.2. The predicted octanol–water partition coefficient (Wildman–Crippen LogP) is 3.93. The van der Waals surface area contributed by atoms with Crippen molar-refractivity contribution in [1.29, 1.82) is 0 Å². The minimum atomic E-state index is -0.733. The second kappa shape index (κ2) is 5.75. The van der Waals surface area contributed by atoms with Crippen molar-refractivity contribution in [1.82, 2.24) is 4.98 Å². The fourth-order valence-electron chi connectivity index (χ4n) is 1.60. The highest BCUT2D eigenvalue weighted by Crippen LogP contribution is 2.27. The first-order valence-electron chi connectivity index (χ1n) is 5.98. The number of benzene rings is 1. The van der Waals surface area contributed by atoms with E-state index in [4.69, 9.17) is 4.42 Å². The summed E-state index contributed by atoms with van der Waals surface area (Å²) in [6.45, 7) is 5.17. The predicted molar refractivity (Wildman–Crippen MR) is 72.0 cm³/mol. The maximum atomic E-state index is 13.6. The van der Waals surface area contributed by atoms with Gasteiger partial charge in [-0.2, -0.15) is 0 Å². The van der Waals surface area contributed by atoms with Crippen LogP contribution in [0.5, 0.6) is 0 Å². The van der Waals surface area contributed by atoms with Crippen LogP contribution in [-0.2, 0) is 0 Å². The molecular weight excluding hydrogens is 284 g/mol. The Morgan fingerprint density at radius 1 is 1.35 bits per heavy atom. The summed E-state index contributed by atoms with van der Waals surface area (Å²) in [5, 5.41) is -0.276. The molecule has 0 saturated carbocycles. The van der Waals surface area contributed by atoms with E-state index < -0.39 is 22.7 Å². The molecule has 0 bridgehead atoms. The van der Waals surface area contributed by atoms with Crippen LogP contribution in [0.4, 0.5) is 8.78 Å². The molecule has 0 fully saturated rings. The smallest absolute Gasteiger partial charge is 0.256 e. The molecule has 20 heavy (non-hydrogen) atoms. The largest absolute Gasteiger partial charge is 0.437 e. The van der Waals surface area contributed by atoms with Crippen LogP contribution in [0.25, 0.3) is 0 Å².